The van der Waals surface area contributed by atoms with Crippen molar-refractivity contribution >= 4 is 29.2 Å². The second kappa shape index (κ2) is 10.3. The first kappa shape index (κ1) is 22.0. The second-order valence-electron chi connectivity index (χ2n) is 6.65. The molecule has 0 aromatic heterocycles. The summed E-state index contributed by atoms with van der Waals surface area (Å²) < 4.78 is 11.1. The molecular weight excluding hydrogens is 427 g/mol. The van der Waals surface area contributed by atoms with Gasteiger partial charge in [-0.15, -0.1) is 0 Å². The van der Waals surface area contributed by atoms with E-state index in [1.165, 1.54) is 0 Å². The summed E-state index contributed by atoms with van der Waals surface area (Å²) in [6, 6.07) is 19.6. The Labute approximate surface area is 184 Å². The van der Waals surface area contributed by atoms with Crippen molar-refractivity contribution < 1.29 is 24.5 Å². The highest BCUT2D eigenvalue weighted by molar-refractivity contribution is 6.35. The molecule has 0 radical (unpaired) electrons. The number of hydrogen-bond donors (Lipinski definition) is 2. The molecule has 0 heterocycles. The molecule has 7 heteroatoms. The average Bonchev–Trinajstić information content (AvgIpc) is 2.72. The van der Waals surface area contributed by atoms with E-state index in [4.69, 9.17) is 37.8 Å². The highest BCUT2D eigenvalue weighted by Gasteiger charge is 2.10. The summed E-state index contributed by atoms with van der Waals surface area (Å²) in [7, 11) is 0. The summed E-state index contributed by atoms with van der Waals surface area (Å²) in [5.41, 5.74) is 2.61. The first-order valence-electron chi connectivity index (χ1n) is 9.20. The normalized spacial score (nSPS) is 11.7. The second-order valence-corrected chi connectivity index (χ2v) is 7.49. The van der Waals surface area contributed by atoms with Crippen LogP contribution in [0.25, 0.3) is 11.1 Å². The van der Waals surface area contributed by atoms with E-state index in [0.717, 1.165) is 16.7 Å². The zero-order chi connectivity index (χ0) is 21.5. The molecule has 0 aliphatic rings. The number of benzene rings is 3. The van der Waals surface area contributed by atoms with Crippen molar-refractivity contribution in [1.29, 1.82) is 0 Å². The monoisotopic (exact) mass is 446 g/mol. The lowest BCUT2D eigenvalue weighted by Gasteiger charge is -2.14. The Hall–Kier alpha value is -2.73. The van der Waals surface area contributed by atoms with Crippen LogP contribution in [0.4, 0.5) is 0 Å². The maximum Gasteiger partial charge on any atom is 0.307 e. The van der Waals surface area contributed by atoms with E-state index in [-0.39, 0.29) is 19.6 Å². The van der Waals surface area contributed by atoms with Crippen LogP contribution in [0.1, 0.15) is 5.56 Å². The van der Waals surface area contributed by atoms with Crippen LogP contribution in [-0.4, -0.2) is 35.5 Å². The van der Waals surface area contributed by atoms with Crippen LogP contribution in [0.5, 0.6) is 11.5 Å². The minimum absolute atomic E-state index is 0.0176. The Morgan fingerprint density at radius 2 is 1.63 bits per heavy atom. The van der Waals surface area contributed by atoms with Gasteiger partial charge in [0.1, 0.15) is 30.8 Å². The predicted octanol–water partition coefficient (Wildman–Crippen LogP) is 5.11. The largest absolute Gasteiger partial charge is 0.491 e. The van der Waals surface area contributed by atoms with Gasteiger partial charge in [0.15, 0.2) is 0 Å². The molecule has 5 nitrogen and oxygen atoms in total. The fourth-order valence-electron chi connectivity index (χ4n) is 2.80. The van der Waals surface area contributed by atoms with Crippen molar-refractivity contribution in [2.24, 2.45) is 0 Å². The molecule has 0 saturated heterocycles. The van der Waals surface area contributed by atoms with E-state index in [2.05, 4.69) is 0 Å². The van der Waals surface area contributed by atoms with Crippen LogP contribution >= 0.6 is 23.2 Å². The molecule has 1 atom stereocenters. The molecule has 2 N–H and O–H groups in total. The molecule has 0 bridgehead atoms. The van der Waals surface area contributed by atoms with Gasteiger partial charge >= 0.3 is 5.97 Å². The van der Waals surface area contributed by atoms with Gasteiger partial charge in [0, 0.05) is 5.02 Å². The number of aliphatic hydroxyl groups is 1. The van der Waals surface area contributed by atoms with Crippen molar-refractivity contribution in [2.45, 2.75) is 12.5 Å². The minimum atomic E-state index is -0.864. The zero-order valence-corrected chi connectivity index (χ0v) is 17.4. The molecule has 30 heavy (non-hydrogen) atoms. The predicted molar refractivity (Wildman–Crippen MR) is 117 cm³/mol. The highest BCUT2D eigenvalue weighted by atomic mass is 35.5. The SMILES string of the molecule is O=C(O)Cc1cccc(-c2ccc(OCC(O)COc3ccc(Cl)cc3Cl)cc2)c1. The number of hydrogen-bond acceptors (Lipinski definition) is 4. The standard InChI is InChI=1S/C23H20Cl2O5/c24-18-6-9-22(21(25)12-18)30-14-19(26)13-29-20-7-4-16(5-8-20)17-3-1-2-15(10-17)11-23(27)28/h1-10,12,19,26H,11,13-14H2,(H,27,28). The Bertz CT molecular complexity index is 1000. The Morgan fingerprint density at radius 3 is 2.33 bits per heavy atom. The third-order valence-electron chi connectivity index (χ3n) is 4.24. The van der Waals surface area contributed by atoms with Gasteiger partial charge in [-0.3, -0.25) is 4.79 Å². The van der Waals surface area contributed by atoms with Gasteiger partial charge in [-0.25, -0.2) is 0 Å². The molecule has 0 aliphatic heterocycles. The van der Waals surface area contributed by atoms with Crippen molar-refractivity contribution in [3.63, 3.8) is 0 Å². The number of rotatable bonds is 9. The topological polar surface area (TPSA) is 76.0 Å². The third-order valence-corrected chi connectivity index (χ3v) is 4.77. The van der Waals surface area contributed by atoms with Gasteiger partial charge in [0.2, 0.25) is 0 Å². The summed E-state index contributed by atoms with van der Waals surface area (Å²) in [5.74, 6) is 0.176. The molecule has 3 aromatic rings. The molecule has 0 saturated carbocycles. The number of carboxylic acid groups (broad SMARTS) is 1. The van der Waals surface area contributed by atoms with E-state index in [0.29, 0.717) is 21.5 Å². The van der Waals surface area contributed by atoms with E-state index >= 15 is 0 Å². The lowest BCUT2D eigenvalue weighted by molar-refractivity contribution is -0.136. The number of carbonyl (C=O) groups is 1. The molecule has 3 rings (SSSR count). The minimum Gasteiger partial charge on any atom is -0.491 e. The summed E-state index contributed by atoms with van der Waals surface area (Å²) in [6.45, 7) is 0.0778. The third kappa shape index (κ3) is 6.39. The molecular formula is C23H20Cl2O5. The van der Waals surface area contributed by atoms with Gasteiger partial charge in [0.05, 0.1) is 11.4 Å². The van der Waals surface area contributed by atoms with Crippen LogP contribution in [0.15, 0.2) is 66.7 Å². The van der Waals surface area contributed by atoms with Crippen molar-refractivity contribution in [3.8, 4) is 22.6 Å². The first-order valence-corrected chi connectivity index (χ1v) is 9.96. The van der Waals surface area contributed by atoms with Gasteiger partial charge in [-0.05, 0) is 47.0 Å². The Morgan fingerprint density at radius 1 is 0.900 bits per heavy atom. The number of aliphatic hydroxyl groups excluding tert-OH is 1. The maximum absolute atomic E-state index is 10.9. The highest BCUT2D eigenvalue weighted by Crippen LogP contribution is 2.28. The molecule has 0 aliphatic carbocycles. The average molecular weight is 447 g/mol. The summed E-state index contributed by atoms with van der Waals surface area (Å²) in [6.07, 6.45) is -0.861. The number of aliphatic carboxylic acids is 1. The van der Waals surface area contributed by atoms with E-state index in [1.807, 2.05) is 30.3 Å². The lowest BCUT2D eigenvalue weighted by Crippen LogP contribution is -2.25. The number of halogens is 2. The van der Waals surface area contributed by atoms with Crippen LogP contribution in [0.3, 0.4) is 0 Å². The lowest BCUT2D eigenvalue weighted by atomic mass is 10.0. The fourth-order valence-corrected chi connectivity index (χ4v) is 3.26. The molecule has 1 unspecified atom stereocenters. The van der Waals surface area contributed by atoms with Crippen molar-refractivity contribution in [3.05, 3.63) is 82.3 Å². The summed E-state index contributed by atoms with van der Waals surface area (Å²) >= 11 is 11.9. The van der Waals surface area contributed by atoms with Crippen LogP contribution < -0.4 is 9.47 Å². The molecule has 156 valence electrons. The van der Waals surface area contributed by atoms with E-state index < -0.39 is 12.1 Å². The van der Waals surface area contributed by atoms with Crippen LogP contribution in [0.2, 0.25) is 10.0 Å². The molecule has 0 amide bonds. The van der Waals surface area contributed by atoms with Gasteiger partial charge in [0.25, 0.3) is 0 Å². The first-order chi connectivity index (χ1) is 14.4. The number of carboxylic acids is 1. The van der Waals surface area contributed by atoms with E-state index in [1.54, 1.807) is 36.4 Å². The molecule has 0 spiro atoms. The van der Waals surface area contributed by atoms with Crippen molar-refractivity contribution in [2.75, 3.05) is 13.2 Å². The smallest absolute Gasteiger partial charge is 0.307 e. The van der Waals surface area contributed by atoms with Gasteiger partial charge in [-0.1, -0.05) is 59.6 Å². The Kier molecular flexibility index (Phi) is 7.57. The summed E-state index contributed by atoms with van der Waals surface area (Å²) in [5, 5.41) is 19.9. The zero-order valence-electron chi connectivity index (χ0n) is 15.9. The van der Waals surface area contributed by atoms with Gasteiger partial charge in [-0.2, -0.15) is 0 Å². The maximum atomic E-state index is 10.9. The quantitative estimate of drug-likeness (QED) is 0.477. The van der Waals surface area contributed by atoms with Crippen LogP contribution in [-0.2, 0) is 11.2 Å². The fraction of sp³-hybridized carbons (Fsp3) is 0.174. The Balaban J connectivity index is 1.52. The number of ether oxygens (including phenoxy) is 2. The molecule has 3 aromatic carbocycles. The van der Waals surface area contributed by atoms with Crippen molar-refractivity contribution in [1.82, 2.24) is 0 Å². The van der Waals surface area contributed by atoms with Crippen LogP contribution in [0, 0.1) is 0 Å². The molecule has 0 fully saturated rings. The van der Waals surface area contributed by atoms with Gasteiger partial charge < -0.3 is 19.7 Å². The van der Waals surface area contributed by atoms with E-state index in [9.17, 15) is 9.90 Å². The summed E-state index contributed by atoms with van der Waals surface area (Å²) in [4.78, 5) is 10.9.